The molecule has 0 radical (unpaired) electrons. The van der Waals surface area contributed by atoms with Crippen molar-refractivity contribution in [3.8, 4) is 0 Å². The van der Waals surface area contributed by atoms with Crippen LogP contribution in [0.2, 0.25) is 0 Å². The second kappa shape index (κ2) is 13.9. The highest BCUT2D eigenvalue weighted by atomic mass is 32.2. The summed E-state index contributed by atoms with van der Waals surface area (Å²) in [5, 5.41) is 1.50. The quantitative estimate of drug-likeness (QED) is 0.480. The minimum Gasteiger partial charge on any atom is -0.282 e. The van der Waals surface area contributed by atoms with Gasteiger partial charge in [0.2, 0.25) is 0 Å². The summed E-state index contributed by atoms with van der Waals surface area (Å²) in [4.78, 5) is 0. The van der Waals surface area contributed by atoms with Crippen molar-refractivity contribution in [1.29, 1.82) is 0 Å². The third-order valence-electron chi connectivity index (χ3n) is 3.50. The molecule has 0 saturated carbocycles. The van der Waals surface area contributed by atoms with Crippen LogP contribution in [0, 0.1) is 0 Å². The van der Waals surface area contributed by atoms with Gasteiger partial charge in [0.05, 0.1) is 10.8 Å². The molecule has 3 aromatic rings. The molecule has 0 aliphatic rings. The molecular formula is C24H24O6S2. The molecule has 0 amide bonds. The summed E-state index contributed by atoms with van der Waals surface area (Å²) in [7, 11) is -8.01. The van der Waals surface area contributed by atoms with Crippen molar-refractivity contribution in [2.75, 3.05) is 0 Å². The van der Waals surface area contributed by atoms with Crippen molar-refractivity contribution in [3.63, 3.8) is 0 Å². The van der Waals surface area contributed by atoms with E-state index in [0.717, 1.165) is 21.9 Å². The van der Waals surface area contributed by atoms with E-state index in [1.807, 2.05) is 48.5 Å². The maximum atomic E-state index is 10.3. The van der Waals surface area contributed by atoms with Gasteiger partial charge in [-0.1, -0.05) is 104 Å². The number of rotatable bonds is 5. The van der Waals surface area contributed by atoms with E-state index < -0.39 is 20.2 Å². The lowest BCUT2D eigenvalue weighted by Crippen LogP contribution is -1.88. The summed E-state index contributed by atoms with van der Waals surface area (Å²) in [5.41, 5.74) is 2.64. The molecule has 0 spiro atoms. The molecule has 0 aliphatic heterocycles. The highest BCUT2D eigenvalue weighted by molar-refractivity contribution is 7.89. The van der Waals surface area contributed by atoms with Gasteiger partial charge in [-0.3, -0.25) is 9.11 Å². The summed E-state index contributed by atoms with van der Waals surface area (Å²) in [6.07, 6.45) is 4.49. The third kappa shape index (κ3) is 14.6. The number of hydrogen-bond acceptors (Lipinski definition) is 4. The van der Waals surface area contributed by atoms with E-state index >= 15 is 0 Å². The van der Waals surface area contributed by atoms with Crippen molar-refractivity contribution in [3.05, 3.63) is 125 Å². The van der Waals surface area contributed by atoms with Crippen LogP contribution in [-0.4, -0.2) is 25.9 Å². The lowest BCUT2D eigenvalue weighted by Gasteiger charge is -1.89. The standard InChI is InChI=1S/2C8H8O3S.C8H8/c2*9-12(10,11)7-6-8-4-2-1-3-5-8;1-2-8-6-4-3-5-7-8/h2*1-7H,(H,9,10,11);2-7H,1H2. The minimum absolute atomic E-state index is 0.732. The van der Waals surface area contributed by atoms with Crippen LogP contribution in [0.4, 0.5) is 0 Å². The van der Waals surface area contributed by atoms with E-state index in [-0.39, 0.29) is 0 Å². The Bertz CT molecular complexity index is 1120. The van der Waals surface area contributed by atoms with Gasteiger partial charge < -0.3 is 0 Å². The first-order chi connectivity index (χ1) is 15.1. The molecule has 3 rings (SSSR count). The van der Waals surface area contributed by atoms with Gasteiger partial charge >= 0.3 is 0 Å². The summed E-state index contributed by atoms with van der Waals surface area (Å²) in [6, 6.07) is 27.8. The molecular weight excluding hydrogens is 448 g/mol. The summed E-state index contributed by atoms with van der Waals surface area (Å²) in [5.74, 6) is 0. The third-order valence-corrected chi connectivity index (χ3v) is 4.46. The Morgan fingerprint density at radius 1 is 0.531 bits per heavy atom. The van der Waals surface area contributed by atoms with Crippen molar-refractivity contribution in [2.45, 2.75) is 0 Å². The van der Waals surface area contributed by atoms with Crippen LogP contribution in [0.1, 0.15) is 16.7 Å². The topological polar surface area (TPSA) is 109 Å². The fraction of sp³-hybridized carbons (Fsp3) is 0. The normalized spacial score (nSPS) is 11.2. The van der Waals surface area contributed by atoms with Crippen molar-refractivity contribution < 1.29 is 25.9 Å². The Balaban J connectivity index is 0.000000245. The molecule has 3 aromatic carbocycles. The predicted octanol–water partition coefficient (Wildman–Crippen LogP) is 5.42. The van der Waals surface area contributed by atoms with E-state index in [1.165, 1.54) is 17.7 Å². The zero-order valence-corrected chi connectivity index (χ0v) is 18.7. The Hall–Kier alpha value is -3.30. The van der Waals surface area contributed by atoms with Gasteiger partial charge in [-0.2, -0.15) is 16.8 Å². The molecule has 32 heavy (non-hydrogen) atoms. The van der Waals surface area contributed by atoms with Crippen LogP contribution in [0.5, 0.6) is 0 Å². The highest BCUT2D eigenvalue weighted by Crippen LogP contribution is 2.03. The van der Waals surface area contributed by atoms with Gasteiger partial charge in [-0.25, -0.2) is 0 Å². The first-order valence-electron chi connectivity index (χ1n) is 9.18. The molecule has 0 atom stereocenters. The number of hydrogen-bond donors (Lipinski definition) is 2. The zero-order valence-electron chi connectivity index (χ0n) is 17.1. The largest absolute Gasteiger partial charge is 0.287 e. The Kier molecular flexibility index (Phi) is 11.6. The predicted molar refractivity (Wildman–Crippen MR) is 131 cm³/mol. The van der Waals surface area contributed by atoms with Gasteiger partial charge in [0, 0.05) is 0 Å². The molecule has 0 unspecified atom stereocenters. The molecule has 6 nitrogen and oxygen atoms in total. The maximum absolute atomic E-state index is 10.3. The summed E-state index contributed by atoms with van der Waals surface area (Å²) < 4.78 is 57.8. The molecule has 0 bridgehead atoms. The molecule has 168 valence electrons. The fourth-order valence-electron chi connectivity index (χ4n) is 2.05. The molecule has 0 aliphatic carbocycles. The van der Waals surface area contributed by atoms with Gasteiger partial charge in [-0.15, -0.1) is 0 Å². The van der Waals surface area contributed by atoms with Crippen LogP contribution in [0.25, 0.3) is 18.2 Å². The van der Waals surface area contributed by atoms with Crippen LogP contribution >= 0.6 is 0 Å². The lowest BCUT2D eigenvalue weighted by molar-refractivity contribution is 0.492. The van der Waals surface area contributed by atoms with E-state index in [2.05, 4.69) is 6.58 Å². The average molecular weight is 473 g/mol. The van der Waals surface area contributed by atoms with Crippen molar-refractivity contribution in [1.82, 2.24) is 0 Å². The molecule has 0 fully saturated rings. The first kappa shape index (κ1) is 26.7. The molecule has 2 N–H and O–H groups in total. The van der Waals surface area contributed by atoms with Gasteiger partial charge in [0.25, 0.3) is 20.2 Å². The van der Waals surface area contributed by atoms with Gasteiger partial charge in [0.1, 0.15) is 0 Å². The zero-order chi connectivity index (χ0) is 23.9. The van der Waals surface area contributed by atoms with Gasteiger partial charge in [-0.05, 0) is 28.8 Å². The Morgan fingerprint density at radius 3 is 1.03 bits per heavy atom. The van der Waals surface area contributed by atoms with Gasteiger partial charge in [0.15, 0.2) is 0 Å². The Morgan fingerprint density at radius 2 is 0.812 bits per heavy atom. The fourth-order valence-corrected chi connectivity index (χ4v) is 2.70. The van der Waals surface area contributed by atoms with Crippen molar-refractivity contribution in [2.24, 2.45) is 0 Å². The van der Waals surface area contributed by atoms with Crippen molar-refractivity contribution >= 4 is 38.5 Å². The SMILES string of the molecule is C=Cc1ccccc1.O=S(=O)(O)C=Cc1ccccc1.O=S(=O)(O)C=Cc1ccccc1. The molecule has 8 heteroatoms. The van der Waals surface area contributed by atoms with Crippen LogP contribution in [0.3, 0.4) is 0 Å². The molecule has 0 heterocycles. The van der Waals surface area contributed by atoms with E-state index in [4.69, 9.17) is 9.11 Å². The average Bonchev–Trinajstić information content (AvgIpc) is 2.78. The van der Waals surface area contributed by atoms with Crippen LogP contribution < -0.4 is 0 Å². The van der Waals surface area contributed by atoms with Crippen LogP contribution in [0.15, 0.2) is 108 Å². The van der Waals surface area contributed by atoms with E-state index in [9.17, 15) is 16.8 Å². The Labute approximate surface area is 189 Å². The monoisotopic (exact) mass is 472 g/mol. The van der Waals surface area contributed by atoms with Crippen LogP contribution in [-0.2, 0) is 20.2 Å². The lowest BCUT2D eigenvalue weighted by atomic mass is 10.2. The van der Waals surface area contributed by atoms with E-state index in [0.29, 0.717) is 0 Å². The summed E-state index contributed by atoms with van der Waals surface area (Å²) >= 11 is 0. The maximum Gasteiger partial charge on any atom is 0.287 e. The number of benzene rings is 3. The molecule has 0 aromatic heterocycles. The smallest absolute Gasteiger partial charge is 0.282 e. The highest BCUT2D eigenvalue weighted by Gasteiger charge is 1.95. The second-order valence-corrected chi connectivity index (χ2v) is 8.68. The van der Waals surface area contributed by atoms with E-state index in [1.54, 1.807) is 48.5 Å². The minimum atomic E-state index is -4.00. The molecule has 0 saturated heterocycles. The second-order valence-electron chi connectivity index (χ2n) is 6.07. The summed E-state index contributed by atoms with van der Waals surface area (Å²) in [6.45, 7) is 3.63. The first-order valence-corrected chi connectivity index (χ1v) is 12.2.